The van der Waals surface area contributed by atoms with Crippen molar-refractivity contribution in [2.24, 2.45) is 5.92 Å². The molecule has 1 aromatic heterocycles. The molecule has 2 amide bonds. The zero-order chi connectivity index (χ0) is 23.5. The van der Waals surface area contributed by atoms with Crippen molar-refractivity contribution < 1.29 is 23.9 Å². The van der Waals surface area contributed by atoms with Gasteiger partial charge in [0.05, 0.1) is 30.9 Å². The number of ether oxygens (including phenoxy) is 2. The maximum absolute atomic E-state index is 13.1. The number of nitrogens with zero attached hydrogens (tertiary/aromatic N) is 1. The molecule has 33 heavy (non-hydrogen) atoms. The Bertz CT molecular complexity index is 1070. The van der Waals surface area contributed by atoms with E-state index in [-0.39, 0.29) is 31.5 Å². The molecule has 0 spiro atoms. The van der Waals surface area contributed by atoms with E-state index in [9.17, 15) is 14.4 Å². The van der Waals surface area contributed by atoms with Gasteiger partial charge in [-0.25, -0.2) is 4.79 Å². The predicted molar refractivity (Wildman–Crippen MR) is 127 cm³/mol. The Hall–Kier alpha value is -3.07. The van der Waals surface area contributed by atoms with Gasteiger partial charge in [-0.2, -0.15) is 0 Å². The monoisotopic (exact) mass is 471 g/mol. The molecule has 1 aliphatic carbocycles. The summed E-state index contributed by atoms with van der Waals surface area (Å²) in [5.74, 6) is 0.189. The topological polar surface area (TPSA) is 97.0 Å². The second kappa shape index (κ2) is 9.82. The molecule has 0 bridgehead atoms. The van der Waals surface area contributed by atoms with Crippen LogP contribution in [0.1, 0.15) is 41.1 Å². The molecule has 2 N–H and O–H groups in total. The fraction of sp³-hybridized carbons (Fsp3) is 0.458. The van der Waals surface area contributed by atoms with E-state index in [4.69, 9.17) is 9.47 Å². The number of benzene rings is 1. The molecule has 2 aromatic rings. The number of carbonyl (C=O) groups excluding carboxylic acids is 3. The van der Waals surface area contributed by atoms with Gasteiger partial charge in [-0.1, -0.05) is 19.1 Å². The van der Waals surface area contributed by atoms with Crippen molar-refractivity contribution in [1.29, 1.82) is 0 Å². The lowest BCUT2D eigenvalue weighted by Crippen LogP contribution is -2.50. The summed E-state index contributed by atoms with van der Waals surface area (Å²) in [6.07, 6.45) is 1.99. The molecule has 9 heteroatoms. The smallest absolute Gasteiger partial charge is 0.341 e. The average Bonchev–Trinajstić information content (AvgIpc) is 3.15. The van der Waals surface area contributed by atoms with E-state index in [0.29, 0.717) is 22.2 Å². The van der Waals surface area contributed by atoms with Crippen LogP contribution in [0.4, 0.5) is 10.7 Å². The van der Waals surface area contributed by atoms with E-state index in [1.807, 2.05) is 23.1 Å². The summed E-state index contributed by atoms with van der Waals surface area (Å²) < 4.78 is 11.1. The van der Waals surface area contributed by atoms with E-state index >= 15 is 0 Å². The van der Waals surface area contributed by atoms with Gasteiger partial charge in [-0.3, -0.25) is 9.59 Å². The molecule has 0 radical (unpaired) electrons. The minimum Gasteiger partial charge on any atom is -0.477 e. The van der Waals surface area contributed by atoms with Crippen molar-refractivity contribution in [2.75, 3.05) is 37.0 Å². The molecular formula is C24H29N3O5S. The van der Waals surface area contributed by atoms with Crippen molar-refractivity contribution >= 4 is 39.8 Å². The number of hydrogen-bond donors (Lipinski definition) is 2. The van der Waals surface area contributed by atoms with Crippen LogP contribution in [-0.2, 0) is 27.2 Å². The van der Waals surface area contributed by atoms with Gasteiger partial charge in [0, 0.05) is 11.9 Å². The highest BCUT2D eigenvalue weighted by Gasteiger charge is 2.32. The molecule has 2 aliphatic rings. The number of anilines is 2. The van der Waals surface area contributed by atoms with Crippen LogP contribution < -0.4 is 20.3 Å². The Morgan fingerprint density at radius 3 is 2.82 bits per heavy atom. The summed E-state index contributed by atoms with van der Waals surface area (Å²) in [4.78, 5) is 41.0. The number of rotatable bonds is 6. The van der Waals surface area contributed by atoms with Crippen LogP contribution in [-0.4, -0.2) is 50.6 Å². The van der Waals surface area contributed by atoms with Gasteiger partial charge in [-0.05, 0) is 49.8 Å². The minimum atomic E-state index is -0.719. The van der Waals surface area contributed by atoms with E-state index in [2.05, 4.69) is 17.6 Å². The molecule has 176 valence electrons. The zero-order valence-corrected chi connectivity index (χ0v) is 19.9. The summed E-state index contributed by atoms with van der Waals surface area (Å²) in [5, 5.41) is 6.10. The first-order chi connectivity index (χ1) is 15.9. The van der Waals surface area contributed by atoms with Gasteiger partial charge in [0.1, 0.15) is 10.8 Å². The molecule has 0 saturated carbocycles. The summed E-state index contributed by atoms with van der Waals surface area (Å²) >= 11 is 1.46. The molecule has 2 unspecified atom stereocenters. The summed E-state index contributed by atoms with van der Waals surface area (Å²) in [5.41, 5.74) is 2.24. The standard InChI is InChI=1S/C24H29N3O5S/c1-4-31-24(30)21-15-10-9-14(2)11-19(15)33-23(21)26-20(28)13-27-12-18(22(29)25-3)32-17-8-6-5-7-16(17)27/h5-8,14,18H,4,9-13H2,1-3H3,(H,25,29)(H,26,28). The number of para-hydroxylation sites is 2. The number of hydrogen-bond acceptors (Lipinski definition) is 7. The first-order valence-corrected chi connectivity index (χ1v) is 12.1. The van der Waals surface area contributed by atoms with Gasteiger partial charge in [0.25, 0.3) is 5.91 Å². The zero-order valence-electron chi connectivity index (χ0n) is 19.1. The number of carbonyl (C=O) groups is 3. The number of nitrogens with one attached hydrogen (secondary N) is 2. The fourth-order valence-electron chi connectivity index (χ4n) is 4.35. The Kier molecular flexibility index (Phi) is 6.88. The third kappa shape index (κ3) is 4.83. The molecule has 2 heterocycles. The lowest BCUT2D eigenvalue weighted by Gasteiger charge is -2.34. The molecule has 0 saturated heterocycles. The average molecular weight is 472 g/mol. The summed E-state index contributed by atoms with van der Waals surface area (Å²) in [6.45, 7) is 4.51. The highest BCUT2D eigenvalue weighted by atomic mass is 32.1. The highest BCUT2D eigenvalue weighted by Crippen LogP contribution is 2.40. The fourth-order valence-corrected chi connectivity index (χ4v) is 5.77. The van der Waals surface area contributed by atoms with Gasteiger partial charge in [0.15, 0.2) is 6.10 Å². The van der Waals surface area contributed by atoms with Crippen molar-refractivity contribution in [1.82, 2.24) is 5.32 Å². The summed E-state index contributed by atoms with van der Waals surface area (Å²) in [6, 6.07) is 7.33. The van der Waals surface area contributed by atoms with Gasteiger partial charge in [0.2, 0.25) is 5.91 Å². The van der Waals surface area contributed by atoms with Crippen LogP contribution in [0.15, 0.2) is 24.3 Å². The van der Waals surface area contributed by atoms with E-state index in [1.165, 1.54) is 11.3 Å². The predicted octanol–water partition coefficient (Wildman–Crippen LogP) is 3.00. The van der Waals surface area contributed by atoms with Crippen molar-refractivity contribution in [3.8, 4) is 5.75 Å². The van der Waals surface area contributed by atoms with Crippen LogP contribution in [0.25, 0.3) is 0 Å². The summed E-state index contributed by atoms with van der Waals surface area (Å²) in [7, 11) is 1.56. The Morgan fingerprint density at radius 1 is 1.27 bits per heavy atom. The molecule has 0 fully saturated rings. The maximum atomic E-state index is 13.1. The van der Waals surface area contributed by atoms with E-state index < -0.39 is 12.1 Å². The van der Waals surface area contributed by atoms with Crippen molar-refractivity contribution in [3.05, 3.63) is 40.3 Å². The Balaban J connectivity index is 1.56. The third-order valence-electron chi connectivity index (χ3n) is 5.98. The van der Waals surface area contributed by atoms with Crippen LogP contribution in [0.3, 0.4) is 0 Å². The van der Waals surface area contributed by atoms with Crippen molar-refractivity contribution in [2.45, 2.75) is 39.2 Å². The number of fused-ring (bicyclic) bond motifs is 2. The number of thiophene rings is 1. The quantitative estimate of drug-likeness (QED) is 0.629. The first-order valence-electron chi connectivity index (χ1n) is 11.2. The normalized spacial score (nSPS) is 19.1. The highest BCUT2D eigenvalue weighted by molar-refractivity contribution is 7.17. The van der Waals surface area contributed by atoms with Crippen LogP contribution in [0.5, 0.6) is 5.75 Å². The number of likely N-dealkylation sites (N-methyl/N-ethyl adjacent to an activating group) is 1. The lowest BCUT2D eigenvalue weighted by atomic mass is 9.88. The van der Waals surface area contributed by atoms with Crippen LogP contribution in [0.2, 0.25) is 0 Å². The number of amides is 2. The van der Waals surface area contributed by atoms with Gasteiger partial charge >= 0.3 is 5.97 Å². The third-order valence-corrected chi connectivity index (χ3v) is 7.15. The first kappa shape index (κ1) is 23.1. The molecule has 1 aromatic carbocycles. The van der Waals surface area contributed by atoms with Gasteiger partial charge in [-0.15, -0.1) is 11.3 Å². The lowest BCUT2D eigenvalue weighted by molar-refractivity contribution is -0.127. The van der Waals surface area contributed by atoms with Crippen molar-refractivity contribution in [3.63, 3.8) is 0 Å². The molecule has 4 rings (SSSR count). The largest absolute Gasteiger partial charge is 0.477 e. The van der Waals surface area contributed by atoms with Crippen LogP contribution >= 0.6 is 11.3 Å². The van der Waals surface area contributed by atoms with Gasteiger partial charge < -0.3 is 25.0 Å². The molecule has 1 aliphatic heterocycles. The second-order valence-electron chi connectivity index (χ2n) is 8.39. The Labute approximate surface area is 197 Å². The van der Waals surface area contributed by atoms with Crippen LogP contribution in [0, 0.1) is 5.92 Å². The second-order valence-corrected chi connectivity index (χ2v) is 9.50. The van der Waals surface area contributed by atoms with E-state index in [0.717, 1.165) is 35.4 Å². The Morgan fingerprint density at radius 2 is 2.06 bits per heavy atom. The molecular weight excluding hydrogens is 442 g/mol. The maximum Gasteiger partial charge on any atom is 0.341 e. The minimum absolute atomic E-state index is 0.0229. The molecule has 8 nitrogen and oxygen atoms in total. The number of esters is 1. The SMILES string of the molecule is CCOC(=O)c1c(NC(=O)CN2CC(C(=O)NC)Oc3ccccc32)sc2c1CCC(C)C2. The molecule has 2 atom stereocenters. The van der Waals surface area contributed by atoms with E-state index in [1.54, 1.807) is 20.0 Å².